The molecule has 0 bridgehead atoms. The van der Waals surface area contributed by atoms with Gasteiger partial charge in [-0.15, -0.1) is 0 Å². The lowest BCUT2D eigenvalue weighted by molar-refractivity contribution is -0.138. The molecule has 0 saturated heterocycles. The lowest BCUT2D eigenvalue weighted by Gasteiger charge is -2.19. The number of hydrogen-bond donors (Lipinski definition) is 2. The van der Waals surface area contributed by atoms with E-state index in [1.807, 2.05) is 0 Å². The molecule has 0 spiro atoms. The van der Waals surface area contributed by atoms with E-state index in [4.69, 9.17) is 10.2 Å². The van der Waals surface area contributed by atoms with Gasteiger partial charge >= 0.3 is 11.9 Å². The van der Waals surface area contributed by atoms with Gasteiger partial charge in [0.05, 0.1) is 0 Å². The van der Waals surface area contributed by atoms with Crippen LogP contribution < -0.4 is 0 Å². The van der Waals surface area contributed by atoms with Crippen molar-refractivity contribution in [3.63, 3.8) is 0 Å². The minimum absolute atomic E-state index is 0.283. The summed E-state index contributed by atoms with van der Waals surface area (Å²) in [4.78, 5) is 21.6. The Balaban J connectivity index is 2.20. The van der Waals surface area contributed by atoms with Crippen LogP contribution in [0.5, 0.6) is 0 Å². The molecule has 0 atom stereocenters. The van der Waals surface area contributed by atoms with Crippen LogP contribution in [0.25, 0.3) is 10.8 Å². The van der Waals surface area contributed by atoms with Gasteiger partial charge in [0.2, 0.25) is 0 Å². The largest absolute Gasteiger partial charge is 0.481 e. The highest BCUT2D eigenvalue weighted by molar-refractivity contribution is 5.90. The number of carboxylic acid groups (broad SMARTS) is 2. The normalized spacial score (nSPS) is 11.3. The first kappa shape index (κ1) is 33.8. The monoisotopic (exact) mass is 552 g/mol. The maximum absolute atomic E-state index is 10.8. The van der Waals surface area contributed by atoms with Crippen molar-refractivity contribution in [3.05, 3.63) is 46.5 Å². The van der Waals surface area contributed by atoms with E-state index in [2.05, 4.69) is 38.1 Å². The van der Waals surface area contributed by atoms with Crippen LogP contribution in [0.1, 0.15) is 152 Å². The van der Waals surface area contributed by atoms with E-state index in [9.17, 15) is 9.59 Å². The van der Waals surface area contributed by atoms with Crippen LogP contribution >= 0.6 is 0 Å². The third kappa shape index (κ3) is 12.9. The molecule has 224 valence electrons. The Kier molecular flexibility index (Phi) is 17.4. The molecule has 2 N–H and O–H groups in total. The van der Waals surface area contributed by atoms with Gasteiger partial charge in [-0.1, -0.05) is 102 Å². The third-order valence-electron chi connectivity index (χ3n) is 8.35. The van der Waals surface area contributed by atoms with Gasteiger partial charge in [-0.25, -0.2) is 0 Å². The summed E-state index contributed by atoms with van der Waals surface area (Å²) in [7, 11) is 0. The van der Waals surface area contributed by atoms with E-state index >= 15 is 0 Å². The standard InChI is InChI=1S/C36H56O4/c1-3-5-13-19-29-25-27-34-32(22-16-10-8-12-18-24-36(39)40)30(20-15-9-7-11-17-23-35(37)38)26-28-33(34)31(29)21-14-6-4-2/h25-28H,3-24H2,1-2H3,(H,37,38)(H,39,40). The number of benzene rings is 2. The smallest absolute Gasteiger partial charge is 0.303 e. The summed E-state index contributed by atoms with van der Waals surface area (Å²) >= 11 is 0. The number of unbranched alkanes of at least 4 members (excludes halogenated alkanes) is 12. The summed E-state index contributed by atoms with van der Waals surface area (Å²) in [6, 6.07) is 9.67. The minimum atomic E-state index is -0.690. The number of carboxylic acids is 2. The van der Waals surface area contributed by atoms with Crippen molar-refractivity contribution >= 4 is 22.7 Å². The van der Waals surface area contributed by atoms with Crippen molar-refractivity contribution in [1.82, 2.24) is 0 Å². The lowest BCUT2D eigenvalue weighted by Crippen LogP contribution is -2.02. The van der Waals surface area contributed by atoms with Crippen LogP contribution in [-0.4, -0.2) is 22.2 Å². The molecule has 0 unspecified atom stereocenters. The summed E-state index contributed by atoms with van der Waals surface area (Å²) in [5, 5.41) is 20.7. The van der Waals surface area contributed by atoms with Crippen LogP contribution in [-0.2, 0) is 35.3 Å². The van der Waals surface area contributed by atoms with Crippen molar-refractivity contribution in [1.29, 1.82) is 0 Å². The molecule has 0 radical (unpaired) electrons. The van der Waals surface area contributed by atoms with Crippen LogP contribution in [0.3, 0.4) is 0 Å². The number of fused-ring (bicyclic) bond motifs is 1. The first-order valence-corrected chi connectivity index (χ1v) is 16.5. The zero-order chi connectivity index (χ0) is 29.0. The highest BCUT2D eigenvalue weighted by atomic mass is 16.4. The maximum Gasteiger partial charge on any atom is 0.303 e. The summed E-state index contributed by atoms with van der Waals surface area (Å²) in [6.45, 7) is 4.56. The second-order valence-electron chi connectivity index (χ2n) is 11.7. The summed E-state index contributed by atoms with van der Waals surface area (Å²) < 4.78 is 0. The highest BCUT2D eigenvalue weighted by Gasteiger charge is 2.14. The van der Waals surface area contributed by atoms with Crippen LogP contribution in [0.4, 0.5) is 0 Å². The van der Waals surface area contributed by atoms with E-state index in [0.717, 1.165) is 77.0 Å². The second kappa shape index (κ2) is 20.5. The zero-order valence-electron chi connectivity index (χ0n) is 25.6. The first-order valence-electron chi connectivity index (χ1n) is 16.5. The Morgan fingerprint density at radius 2 is 0.825 bits per heavy atom. The maximum atomic E-state index is 10.8. The lowest BCUT2D eigenvalue weighted by atomic mass is 9.86. The van der Waals surface area contributed by atoms with E-state index in [0.29, 0.717) is 0 Å². The predicted molar refractivity (Wildman–Crippen MR) is 168 cm³/mol. The molecule has 2 aromatic rings. The Labute approximate surface area is 244 Å². The van der Waals surface area contributed by atoms with Gasteiger partial charge in [0.25, 0.3) is 0 Å². The topological polar surface area (TPSA) is 74.6 Å². The Hall–Kier alpha value is -2.36. The molecule has 2 aromatic carbocycles. The molecule has 0 aromatic heterocycles. The first-order chi connectivity index (χ1) is 19.5. The quantitative estimate of drug-likeness (QED) is 0.127. The molecule has 0 aliphatic rings. The van der Waals surface area contributed by atoms with E-state index in [1.165, 1.54) is 73.3 Å². The Bertz CT molecular complexity index is 1010. The summed E-state index contributed by atoms with van der Waals surface area (Å²) in [6.07, 6.45) is 23.1. The highest BCUT2D eigenvalue weighted by Crippen LogP contribution is 2.32. The van der Waals surface area contributed by atoms with Crippen molar-refractivity contribution in [2.75, 3.05) is 0 Å². The van der Waals surface area contributed by atoms with Gasteiger partial charge in [0.1, 0.15) is 0 Å². The van der Waals surface area contributed by atoms with E-state index < -0.39 is 11.9 Å². The van der Waals surface area contributed by atoms with Gasteiger partial charge in [-0.05, 0) is 97.2 Å². The minimum Gasteiger partial charge on any atom is -0.481 e. The molecular formula is C36H56O4. The fourth-order valence-electron chi connectivity index (χ4n) is 6.03. The average molecular weight is 553 g/mol. The number of rotatable bonds is 24. The van der Waals surface area contributed by atoms with Crippen molar-refractivity contribution in [2.45, 2.75) is 155 Å². The van der Waals surface area contributed by atoms with Crippen LogP contribution in [0, 0.1) is 0 Å². The molecule has 4 nitrogen and oxygen atoms in total. The van der Waals surface area contributed by atoms with Gasteiger partial charge in [0.15, 0.2) is 0 Å². The predicted octanol–water partition coefficient (Wildman–Crippen LogP) is 10.2. The zero-order valence-corrected chi connectivity index (χ0v) is 25.6. The van der Waals surface area contributed by atoms with Gasteiger partial charge in [-0.3, -0.25) is 9.59 Å². The molecular weight excluding hydrogens is 496 g/mol. The Morgan fingerprint density at radius 1 is 0.475 bits per heavy atom. The number of hydrogen-bond acceptors (Lipinski definition) is 2. The van der Waals surface area contributed by atoms with Crippen molar-refractivity contribution < 1.29 is 19.8 Å². The number of carbonyl (C=O) groups is 2. The van der Waals surface area contributed by atoms with Crippen molar-refractivity contribution in [3.8, 4) is 0 Å². The molecule has 0 fully saturated rings. The summed E-state index contributed by atoms with van der Waals surface area (Å²) in [5.41, 5.74) is 6.16. The average Bonchev–Trinajstić information content (AvgIpc) is 2.93. The molecule has 0 amide bonds. The number of aliphatic carboxylic acids is 2. The van der Waals surface area contributed by atoms with E-state index in [-0.39, 0.29) is 12.8 Å². The number of aryl methyl sites for hydroxylation is 4. The van der Waals surface area contributed by atoms with Gasteiger partial charge < -0.3 is 10.2 Å². The third-order valence-corrected chi connectivity index (χ3v) is 8.35. The molecule has 4 heteroatoms. The SMILES string of the molecule is CCCCCc1ccc2c(CCCCCCCC(=O)O)c(CCCCCCCC(=O)O)ccc2c1CCCCC. The van der Waals surface area contributed by atoms with Crippen LogP contribution in [0.15, 0.2) is 24.3 Å². The van der Waals surface area contributed by atoms with Gasteiger partial charge in [-0.2, -0.15) is 0 Å². The molecule has 0 saturated carbocycles. The van der Waals surface area contributed by atoms with Crippen LogP contribution in [0.2, 0.25) is 0 Å². The molecule has 0 heterocycles. The fourth-order valence-corrected chi connectivity index (χ4v) is 6.03. The summed E-state index contributed by atoms with van der Waals surface area (Å²) in [5.74, 6) is -1.38. The molecule has 2 rings (SSSR count). The molecule has 40 heavy (non-hydrogen) atoms. The van der Waals surface area contributed by atoms with Gasteiger partial charge in [0, 0.05) is 12.8 Å². The fraction of sp³-hybridized carbons (Fsp3) is 0.667. The van der Waals surface area contributed by atoms with E-state index in [1.54, 1.807) is 11.1 Å². The van der Waals surface area contributed by atoms with Crippen molar-refractivity contribution in [2.24, 2.45) is 0 Å². The molecule has 0 aliphatic heterocycles. The molecule has 0 aliphatic carbocycles. The second-order valence-corrected chi connectivity index (χ2v) is 11.7. The Morgan fingerprint density at radius 3 is 1.25 bits per heavy atom.